The van der Waals surface area contributed by atoms with Gasteiger partial charge in [-0.3, -0.25) is 4.79 Å². The van der Waals surface area contributed by atoms with E-state index < -0.39 is 23.9 Å². The maximum Gasteiger partial charge on any atom is 0.416 e. The van der Waals surface area contributed by atoms with Gasteiger partial charge in [0.2, 0.25) is 0 Å². The number of hydrogen-bond acceptors (Lipinski definition) is 3. The fraction of sp³-hybridized carbons (Fsp3) is 0.182. The Morgan fingerprint density at radius 3 is 2.40 bits per heavy atom. The lowest BCUT2D eigenvalue weighted by Gasteiger charge is -2.14. The number of benzene rings is 2. The summed E-state index contributed by atoms with van der Waals surface area (Å²) in [6.45, 7) is 1.27. The molecular formula is C22H18F3N3O2. The Hall–Kier alpha value is -3.39. The Morgan fingerprint density at radius 1 is 1.03 bits per heavy atom. The average molecular weight is 413 g/mol. The van der Waals surface area contributed by atoms with Gasteiger partial charge in [0.1, 0.15) is 5.52 Å². The van der Waals surface area contributed by atoms with Crippen molar-refractivity contribution in [2.45, 2.75) is 26.3 Å². The number of aromatic nitrogens is 3. The summed E-state index contributed by atoms with van der Waals surface area (Å²) in [7, 11) is 0. The average Bonchev–Trinajstić information content (AvgIpc) is 3.09. The van der Waals surface area contributed by atoms with E-state index in [4.69, 9.17) is 0 Å². The van der Waals surface area contributed by atoms with Crippen molar-refractivity contribution in [3.63, 3.8) is 0 Å². The second-order valence-electron chi connectivity index (χ2n) is 7.03. The summed E-state index contributed by atoms with van der Waals surface area (Å²) in [5, 5.41) is 14.3. The number of aliphatic hydroxyl groups is 1. The highest BCUT2D eigenvalue weighted by molar-refractivity contribution is 5.72. The van der Waals surface area contributed by atoms with Gasteiger partial charge in [-0.15, -0.1) is 0 Å². The molecule has 0 aliphatic rings. The molecule has 154 valence electrons. The van der Waals surface area contributed by atoms with Crippen LogP contribution in [-0.4, -0.2) is 19.3 Å². The summed E-state index contributed by atoms with van der Waals surface area (Å²) in [5.74, 6) is 0. The molecule has 0 amide bonds. The van der Waals surface area contributed by atoms with Crippen LogP contribution < -0.4 is 5.56 Å². The first-order valence-corrected chi connectivity index (χ1v) is 9.23. The molecule has 0 radical (unpaired) electrons. The lowest BCUT2D eigenvalue weighted by Crippen LogP contribution is -2.24. The van der Waals surface area contributed by atoms with Crippen LogP contribution in [0.1, 0.15) is 22.3 Å². The summed E-state index contributed by atoms with van der Waals surface area (Å²) in [5.41, 5.74) is 1.41. The van der Waals surface area contributed by atoms with Crippen LogP contribution in [0.25, 0.3) is 16.8 Å². The van der Waals surface area contributed by atoms with Gasteiger partial charge in [-0.05, 0) is 18.6 Å². The Labute approximate surface area is 169 Å². The van der Waals surface area contributed by atoms with Crippen LogP contribution in [-0.2, 0) is 19.3 Å². The lowest BCUT2D eigenvalue weighted by molar-refractivity contribution is -0.138. The topological polar surface area (TPSA) is 59.5 Å². The minimum atomic E-state index is -4.52. The van der Waals surface area contributed by atoms with Crippen molar-refractivity contribution in [1.82, 2.24) is 14.2 Å². The van der Waals surface area contributed by atoms with Crippen LogP contribution in [0.2, 0.25) is 0 Å². The number of fused-ring (bicyclic) bond motifs is 1. The van der Waals surface area contributed by atoms with Gasteiger partial charge < -0.3 is 9.67 Å². The summed E-state index contributed by atoms with van der Waals surface area (Å²) in [6, 6.07) is 12.6. The van der Waals surface area contributed by atoms with E-state index in [1.807, 2.05) is 31.2 Å². The van der Waals surface area contributed by atoms with Gasteiger partial charge >= 0.3 is 6.18 Å². The fourth-order valence-corrected chi connectivity index (χ4v) is 3.49. The molecule has 0 fully saturated rings. The summed E-state index contributed by atoms with van der Waals surface area (Å²) in [4.78, 5) is 13.1. The third kappa shape index (κ3) is 3.50. The van der Waals surface area contributed by atoms with E-state index in [-0.39, 0.29) is 17.6 Å². The van der Waals surface area contributed by atoms with E-state index in [0.29, 0.717) is 11.3 Å². The molecule has 2 aromatic carbocycles. The molecule has 8 heteroatoms. The van der Waals surface area contributed by atoms with Crippen LogP contribution >= 0.6 is 0 Å². The first-order chi connectivity index (χ1) is 14.3. The number of alkyl halides is 3. The third-order valence-electron chi connectivity index (χ3n) is 5.01. The molecule has 0 unspecified atom stereocenters. The number of hydrogen-bond donors (Lipinski definition) is 1. The SMILES string of the molecule is Cc1ccc(-c2nn3ccn(Cc4ccccc4C(F)(F)F)c(=O)c3c2CO)cc1. The summed E-state index contributed by atoms with van der Waals surface area (Å²) >= 11 is 0. The van der Waals surface area contributed by atoms with Crippen molar-refractivity contribution >= 4 is 5.52 Å². The molecule has 0 aliphatic heterocycles. The Kier molecular flexibility index (Phi) is 4.95. The summed E-state index contributed by atoms with van der Waals surface area (Å²) in [6.07, 6.45) is -1.62. The van der Waals surface area contributed by atoms with E-state index in [1.165, 1.54) is 39.7 Å². The third-order valence-corrected chi connectivity index (χ3v) is 5.01. The van der Waals surface area contributed by atoms with Gasteiger partial charge in [0.15, 0.2) is 0 Å². The zero-order valence-corrected chi connectivity index (χ0v) is 16.0. The molecule has 4 aromatic rings. The lowest BCUT2D eigenvalue weighted by atomic mass is 10.1. The van der Waals surface area contributed by atoms with Crippen molar-refractivity contribution in [2.75, 3.05) is 0 Å². The van der Waals surface area contributed by atoms with Crippen LogP contribution in [0.5, 0.6) is 0 Å². The molecule has 30 heavy (non-hydrogen) atoms. The highest BCUT2D eigenvalue weighted by Gasteiger charge is 2.33. The molecule has 0 saturated heterocycles. The first kappa shape index (κ1) is 19.9. The monoisotopic (exact) mass is 413 g/mol. The van der Waals surface area contributed by atoms with E-state index >= 15 is 0 Å². The minimum Gasteiger partial charge on any atom is -0.392 e. The van der Waals surface area contributed by atoms with E-state index in [2.05, 4.69) is 5.10 Å². The molecule has 0 atom stereocenters. The molecule has 0 aliphatic carbocycles. The van der Waals surface area contributed by atoms with E-state index in [1.54, 1.807) is 0 Å². The van der Waals surface area contributed by atoms with Crippen molar-refractivity contribution < 1.29 is 18.3 Å². The number of aryl methyl sites for hydroxylation is 1. The fourth-order valence-electron chi connectivity index (χ4n) is 3.49. The second-order valence-corrected chi connectivity index (χ2v) is 7.03. The zero-order chi connectivity index (χ0) is 21.5. The summed E-state index contributed by atoms with van der Waals surface area (Å²) < 4.78 is 42.5. The van der Waals surface area contributed by atoms with Gasteiger partial charge in [-0.25, -0.2) is 4.52 Å². The first-order valence-electron chi connectivity index (χ1n) is 9.23. The Bertz CT molecular complexity index is 1270. The largest absolute Gasteiger partial charge is 0.416 e. The maximum atomic E-state index is 13.3. The second kappa shape index (κ2) is 7.46. The van der Waals surface area contributed by atoms with Gasteiger partial charge in [0, 0.05) is 23.5 Å². The molecule has 2 aromatic heterocycles. The van der Waals surface area contributed by atoms with Gasteiger partial charge in [0.25, 0.3) is 5.56 Å². The molecule has 0 bridgehead atoms. The normalized spacial score (nSPS) is 11.9. The molecule has 0 spiro atoms. The van der Waals surface area contributed by atoms with E-state index in [0.717, 1.165) is 17.2 Å². The van der Waals surface area contributed by atoms with Crippen molar-refractivity contribution in [3.05, 3.63) is 93.5 Å². The van der Waals surface area contributed by atoms with Crippen LogP contribution in [0.4, 0.5) is 13.2 Å². The van der Waals surface area contributed by atoms with Gasteiger partial charge in [-0.1, -0.05) is 48.0 Å². The van der Waals surface area contributed by atoms with Crippen molar-refractivity contribution in [3.8, 4) is 11.3 Å². The molecule has 1 N–H and O–H groups in total. The number of halogens is 3. The molecular weight excluding hydrogens is 395 g/mol. The van der Waals surface area contributed by atoms with Crippen LogP contribution in [0.15, 0.2) is 65.7 Å². The van der Waals surface area contributed by atoms with Crippen molar-refractivity contribution in [2.24, 2.45) is 0 Å². The molecule has 0 saturated carbocycles. The van der Waals surface area contributed by atoms with Gasteiger partial charge in [-0.2, -0.15) is 18.3 Å². The molecule has 4 rings (SSSR count). The zero-order valence-electron chi connectivity index (χ0n) is 16.0. The van der Waals surface area contributed by atoms with Crippen LogP contribution in [0.3, 0.4) is 0 Å². The molecule has 2 heterocycles. The maximum absolute atomic E-state index is 13.3. The minimum absolute atomic E-state index is 0.0136. The Balaban J connectivity index is 1.84. The molecule has 5 nitrogen and oxygen atoms in total. The highest BCUT2D eigenvalue weighted by Crippen LogP contribution is 2.32. The number of rotatable bonds is 4. The van der Waals surface area contributed by atoms with Crippen molar-refractivity contribution in [1.29, 1.82) is 0 Å². The number of aliphatic hydroxyl groups excluding tert-OH is 1. The Morgan fingerprint density at radius 2 is 1.73 bits per heavy atom. The number of nitrogens with zero attached hydrogens (tertiary/aromatic N) is 3. The van der Waals surface area contributed by atoms with Gasteiger partial charge in [0.05, 0.1) is 24.4 Å². The van der Waals surface area contributed by atoms with E-state index in [9.17, 15) is 23.1 Å². The highest BCUT2D eigenvalue weighted by atomic mass is 19.4. The predicted molar refractivity (Wildman–Crippen MR) is 106 cm³/mol. The standard InChI is InChI=1S/C22H18F3N3O2/c1-14-6-8-15(9-7-14)19-17(13-29)20-21(30)27(10-11-28(20)26-19)12-16-4-2-3-5-18(16)22(23,24)25/h2-11,29H,12-13H2,1H3. The predicted octanol–water partition coefficient (Wildman–Crippen LogP) is 4.03. The smallest absolute Gasteiger partial charge is 0.392 e. The van der Waals surface area contributed by atoms with Crippen LogP contribution in [0, 0.1) is 6.92 Å². The quantitative estimate of drug-likeness (QED) is 0.550.